The maximum atomic E-state index is 11.8. The molecule has 0 aliphatic rings. The molecule has 0 bridgehead atoms. The lowest BCUT2D eigenvalue weighted by atomic mass is 10.2. The summed E-state index contributed by atoms with van der Waals surface area (Å²) in [6.45, 7) is 3.89. The number of anilines is 2. The zero-order valence-corrected chi connectivity index (χ0v) is 12.6. The summed E-state index contributed by atoms with van der Waals surface area (Å²) in [5, 5.41) is 5.60. The first-order chi connectivity index (χ1) is 11.1. The van der Waals surface area contributed by atoms with E-state index in [-0.39, 0.29) is 17.5 Å². The fourth-order valence-corrected chi connectivity index (χ4v) is 1.74. The van der Waals surface area contributed by atoms with Gasteiger partial charge in [0.2, 0.25) is 5.95 Å². The normalized spacial score (nSPS) is 9.78. The zero-order valence-electron chi connectivity index (χ0n) is 12.6. The van der Waals surface area contributed by atoms with Crippen molar-refractivity contribution in [1.29, 1.82) is 0 Å². The first-order valence-corrected chi connectivity index (χ1v) is 6.81. The predicted octanol–water partition coefficient (Wildman–Crippen LogP) is 1.92. The zero-order chi connectivity index (χ0) is 16.7. The molecule has 0 spiro atoms. The standard InChI is InChI=1S/C16H16N4O3/c1-3-9-17-14(21)13-8-10-18-16(20-13)19-12-6-4-11(5-7-12)15(22)23-2/h3-8,10H,1,9H2,2H3,(H,17,21)(H,18,19,20). The molecular formula is C16H16N4O3. The summed E-state index contributed by atoms with van der Waals surface area (Å²) in [5.41, 5.74) is 1.37. The molecule has 0 atom stereocenters. The first-order valence-electron chi connectivity index (χ1n) is 6.81. The number of methoxy groups -OCH3 is 1. The van der Waals surface area contributed by atoms with Crippen molar-refractivity contribution in [3.05, 3.63) is 60.4 Å². The number of carbonyl (C=O) groups excluding carboxylic acids is 2. The van der Waals surface area contributed by atoms with E-state index in [1.807, 2.05) is 0 Å². The molecule has 1 heterocycles. The van der Waals surface area contributed by atoms with Crippen LogP contribution < -0.4 is 10.6 Å². The Hall–Kier alpha value is -3.22. The Bertz CT molecular complexity index is 714. The summed E-state index contributed by atoms with van der Waals surface area (Å²) >= 11 is 0. The lowest BCUT2D eigenvalue weighted by molar-refractivity contribution is 0.0600. The SMILES string of the molecule is C=CCNC(=O)c1ccnc(Nc2ccc(C(=O)OC)cc2)n1. The number of nitrogens with one attached hydrogen (secondary N) is 2. The third-order valence-electron chi connectivity index (χ3n) is 2.86. The van der Waals surface area contributed by atoms with Gasteiger partial charge in [-0.05, 0) is 30.3 Å². The van der Waals surface area contributed by atoms with Crippen LogP contribution in [0.5, 0.6) is 0 Å². The third-order valence-corrected chi connectivity index (χ3v) is 2.86. The summed E-state index contributed by atoms with van der Waals surface area (Å²) in [6.07, 6.45) is 3.07. The minimum atomic E-state index is -0.409. The van der Waals surface area contributed by atoms with E-state index in [1.54, 1.807) is 30.3 Å². The number of carbonyl (C=O) groups is 2. The number of rotatable bonds is 6. The van der Waals surface area contributed by atoms with Gasteiger partial charge in [-0.3, -0.25) is 4.79 Å². The van der Waals surface area contributed by atoms with E-state index in [4.69, 9.17) is 0 Å². The van der Waals surface area contributed by atoms with Gasteiger partial charge in [0.1, 0.15) is 5.69 Å². The number of benzene rings is 1. The average Bonchev–Trinajstić information content (AvgIpc) is 2.60. The molecule has 0 aliphatic carbocycles. The topological polar surface area (TPSA) is 93.2 Å². The number of hydrogen-bond acceptors (Lipinski definition) is 6. The molecule has 2 aromatic rings. The number of ether oxygens (including phenoxy) is 1. The molecule has 0 fully saturated rings. The van der Waals surface area contributed by atoms with Crippen LogP contribution in [0.1, 0.15) is 20.8 Å². The predicted molar refractivity (Wildman–Crippen MR) is 85.6 cm³/mol. The Balaban J connectivity index is 2.09. The van der Waals surface area contributed by atoms with Crippen LogP contribution in [0, 0.1) is 0 Å². The minimum absolute atomic E-state index is 0.246. The van der Waals surface area contributed by atoms with Gasteiger partial charge in [-0.15, -0.1) is 6.58 Å². The molecule has 1 amide bonds. The van der Waals surface area contributed by atoms with Crippen molar-refractivity contribution in [2.24, 2.45) is 0 Å². The molecule has 2 N–H and O–H groups in total. The van der Waals surface area contributed by atoms with Crippen molar-refractivity contribution in [3.8, 4) is 0 Å². The van der Waals surface area contributed by atoms with Gasteiger partial charge in [0.25, 0.3) is 5.91 Å². The van der Waals surface area contributed by atoms with Gasteiger partial charge in [-0.25, -0.2) is 14.8 Å². The monoisotopic (exact) mass is 312 g/mol. The number of aromatic nitrogens is 2. The molecule has 7 nitrogen and oxygen atoms in total. The largest absolute Gasteiger partial charge is 0.465 e. The second kappa shape index (κ2) is 7.69. The van der Waals surface area contributed by atoms with Crippen LogP contribution in [0.4, 0.5) is 11.6 Å². The molecule has 118 valence electrons. The van der Waals surface area contributed by atoms with Crippen molar-refractivity contribution in [2.75, 3.05) is 19.0 Å². The quantitative estimate of drug-likeness (QED) is 0.625. The third kappa shape index (κ3) is 4.37. The smallest absolute Gasteiger partial charge is 0.337 e. The van der Waals surface area contributed by atoms with Crippen LogP contribution in [-0.4, -0.2) is 35.5 Å². The fraction of sp³-hybridized carbons (Fsp3) is 0.125. The molecule has 0 aliphatic heterocycles. The van der Waals surface area contributed by atoms with Gasteiger partial charge in [0.15, 0.2) is 0 Å². The van der Waals surface area contributed by atoms with Crippen LogP contribution in [0.3, 0.4) is 0 Å². The van der Waals surface area contributed by atoms with Crippen molar-refractivity contribution in [2.45, 2.75) is 0 Å². The van der Waals surface area contributed by atoms with Crippen LogP contribution >= 0.6 is 0 Å². The summed E-state index contributed by atoms with van der Waals surface area (Å²) in [4.78, 5) is 31.4. The van der Waals surface area contributed by atoms with Gasteiger partial charge < -0.3 is 15.4 Å². The van der Waals surface area contributed by atoms with Gasteiger partial charge in [-0.2, -0.15) is 0 Å². The van der Waals surface area contributed by atoms with Gasteiger partial charge in [0, 0.05) is 18.4 Å². The van der Waals surface area contributed by atoms with E-state index < -0.39 is 5.97 Å². The van der Waals surface area contributed by atoms with Gasteiger partial charge in [-0.1, -0.05) is 6.08 Å². The second-order valence-corrected chi connectivity index (χ2v) is 4.46. The summed E-state index contributed by atoms with van der Waals surface area (Å²) in [5.74, 6) is -0.438. The van der Waals surface area contributed by atoms with Crippen molar-refractivity contribution < 1.29 is 14.3 Å². The maximum Gasteiger partial charge on any atom is 0.337 e. The van der Waals surface area contributed by atoms with Crippen molar-refractivity contribution in [3.63, 3.8) is 0 Å². The van der Waals surface area contributed by atoms with Gasteiger partial charge >= 0.3 is 5.97 Å². The van der Waals surface area contributed by atoms with E-state index in [1.165, 1.54) is 19.4 Å². The van der Waals surface area contributed by atoms with E-state index in [0.717, 1.165) is 0 Å². The first kappa shape index (κ1) is 16.2. The molecule has 1 aromatic carbocycles. The van der Waals surface area contributed by atoms with Crippen molar-refractivity contribution in [1.82, 2.24) is 15.3 Å². The average molecular weight is 312 g/mol. The highest BCUT2D eigenvalue weighted by atomic mass is 16.5. The number of nitrogens with zero attached hydrogens (tertiary/aromatic N) is 2. The van der Waals surface area contributed by atoms with Gasteiger partial charge in [0.05, 0.1) is 12.7 Å². The lowest BCUT2D eigenvalue weighted by Crippen LogP contribution is -2.24. The Morgan fingerprint density at radius 1 is 1.26 bits per heavy atom. The number of hydrogen-bond donors (Lipinski definition) is 2. The number of esters is 1. The molecule has 0 saturated carbocycles. The molecule has 0 radical (unpaired) electrons. The Morgan fingerprint density at radius 2 is 2.00 bits per heavy atom. The second-order valence-electron chi connectivity index (χ2n) is 4.46. The molecule has 0 saturated heterocycles. The maximum absolute atomic E-state index is 11.8. The van der Waals surface area contributed by atoms with E-state index >= 15 is 0 Å². The highest BCUT2D eigenvalue weighted by Crippen LogP contribution is 2.14. The lowest BCUT2D eigenvalue weighted by Gasteiger charge is -2.07. The Morgan fingerprint density at radius 3 is 2.65 bits per heavy atom. The van der Waals surface area contributed by atoms with E-state index in [9.17, 15) is 9.59 Å². The Labute approximate surface area is 133 Å². The van der Waals surface area contributed by atoms with E-state index in [2.05, 4.69) is 31.9 Å². The molecule has 1 aromatic heterocycles. The summed E-state index contributed by atoms with van der Waals surface area (Å²) in [6, 6.07) is 8.15. The molecule has 0 unspecified atom stereocenters. The molecule has 2 rings (SSSR count). The van der Waals surface area contributed by atoms with Crippen LogP contribution in [0.15, 0.2) is 49.2 Å². The highest BCUT2D eigenvalue weighted by molar-refractivity contribution is 5.92. The summed E-state index contributed by atoms with van der Waals surface area (Å²) in [7, 11) is 1.32. The molecular weight excluding hydrogens is 296 g/mol. The highest BCUT2D eigenvalue weighted by Gasteiger charge is 2.08. The molecule has 7 heteroatoms. The molecule has 23 heavy (non-hydrogen) atoms. The fourth-order valence-electron chi connectivity index (χ4n) is 1.74. The van der Waals surface area contributed by atoms with Crippen molar-refractivity contribution >= 4 is 23.5 Å². The van der Waals surface area contributed by atoms with Crippen LogP contribution in [0.25, 0.3) is 0 Å². The minimum Gasteiger partial charge on any atom is -0.465 e. The summed E-state index contributed by atoms with van der Waals surface area (Å²) < 4.78 is 4.63. The van der Waals surface area contributed by atoms with Crippen LogP contribution in [0.2, 0.25) is 0 Å². The van der Waals surface area contributed by atoms with Crippen LogP contribution in [-0.2, 0) is 4.74 Å². The van der Waals surface area contributed by atoms with E-state index in [0.29, 0.717) is 17.8 Å². The Kier molecular flexibility index (Phi) is 5.40. The number of amides is 1.